The summed E-state index contributed by atoms with van der Waals surface area (Å²) in [5, 5.41) is 2.72. The van der Waals surface area contributed by atoms with Crippen LogP contribution < -0.4 is 15.8 Å². The second-order valence-electron chi connectivity index (χ2n) is 6.31. The molecule has 0 aliphatic heterocycles. The molecule has 3 N–H and O–H groups in total. The van der Waals surface area contributed by atoms with Gasteiger partial charge in [0.1, 0.15) is 5.75 Å². The van der Waals surface area contributed by atoms with Gasteiger partial charge in [0, 0.05) is 18.2 Å². The van der Waals surface area contributed by atoms with Gasteiger partial charge in [0.25, 0.3) is 0 Å². The Labute approximate surface area is 132 Å². The van der Waals surface area contributed by atoms with Crippen LogP contribution in [0.25, 0.3) is 0 Å². The number of carbonyl (C=O) groups is 1. The molecule has 0 radical (unpaired) electrons. The predicted molar refractivity (Wildman–Crippen MR) is 77.3 cm³/mol. The van der Waals surface area contributed by atoms with Gasteiger partial charge < -0.3 is 15.8 Å². The molecule has 4 unspecified atom stereocenters. The fourth-order valence-electron chi connectivity index (χ4n) is 3.90. The van der Waals surface area contributed by atoms with E-state index in [0.29, 0.717) is 11.8 Å². The average Bonchev–Trinajstić information content (AvgIpc) is 3.05. The minimum atomic E-state index is -4.76. The fraction of sp³-hybridized carbons (Fsp3) is 0.562. The van der Waals surface area contributed by atoms with Crippen molar-refractivity contribution in [3.05, 3.63) is 29.8 Å². The maximum absolute atomic E-state index is 12.4. The zero-order valence-corrected chi connectivity index (χ0v) is 12.5. The molecule has 0 heterocycles. The Hall–Kier alpha value is -1.76. The van der Waals surface area contributed by atoms with E-state index < -0.39 is 6.36 Å². The molecule has 0 spiro atoms. The number of hydrogen-bond donors (Lipinski definition) is 2. The molecular formula is C16H19F3N2O2. The molecule has 4 nitrogen and oxygen atoms in total. The van der Waals surface area contributed by atoms with Crippen LogP contribution >= 0.6 is 0 Å². The van der Waals surface area contributed by atoms with Crippen molar-refractivity contribution in [2.75, 3.05) is 0 Å². The number of para-hydroxylation sites is 1. The summed E-state index contributed by atoms with van der Waals surface area (Å²) in [5.41, 5.74) is 6.40. The molecule has 2 fully saturated rings. The maximum Gasteiger partial charge on any atom is 0.573 e. The molecule has 1 aromatic rings. The van der Waals surface area contributed by atoms with Crippen LogP contribution in [0, 0.1) is 17.8 Å². The Morgan fingerprint density at radius 3 is 2.61 bits per heavy atom. The molecule has 2 aliphatic rings. The lowest BCUT2D eigenvalue weighted by atomic mass is 9.84. The number of alkyl halides is 3. The Morgan fingerprint density at radius 2 is 1.96 bits per heavy atom. The van der Waals surface area contributed by atoms with Gasteiger partial charge in [0.05, 0.1) is 5.92 Å². The van der Waals surface area contributed by atoms with E-state index in [0.717, 1.165) is 19.3 Å². The van der Waals surface area contributed by atoms with Crippen molar-refractivity contribution >= 4 is 5.91 Å². The molecule has 2 aliphatic carbocycles. The summed E-state index contributed by atoms with van der Waals surface area (Å²) in [6.45, 7) is -0.00824. The monoisotopic (exact) mass is 328 g/mol. The molecular weight excluding hydrogens is 309 g/mol. The van der Waals surface area contributed by atoms with E-state index >= 15 is 0 Å². The number of hydrogen-bond acceptors (Lipinski definition) is 3. The van der Waals surface area contributed by atoms with Gasteiger partial charge >= 0.3 is 6.36 Å². The summed E-state index contributed by atoms with van der Waals surface area (Å²) in [4.78, 5) is 12.4. The third-order valence-corrected chi connectivity index (χ3v) is 4.93. The number of fused-ring (bicyclic) bond motifs is 2. The topological polar surface area (TPSA) is 64.4 Å². The van der Waals surface area contributed by atoms with Crippen LogP contribution in [0.5, 0.6) is 5.75 Å². The van der Waals surface area contributed by atoms with Crippen LogP contribution in [0.2, 0.25) is 0 Å². The van der Waals surface area contributed by atoms with Crippen molar-refractivity contribution in [2.24, 2.45) is 23.5 Å². The number of benzene rings is 1. The van der Waals surface area contributed by atoms with Gasteiger partial charge in [0.2, 0.25) is 5.91 Å². The van der Waals surface area contributed by atoms with E-state index in [4.69, 9.17) is 5.73 Å². The lowest BCUT2D eigenvalue weighted by Gasteiger charge is -2.27. The first-order chi connectivity index (χ1) is 10.8. The molecule has 0 saturated heterocycles. The minimum absolute atomic E-state index is 0.00824. The van der Waals surface area contributed by atoms with Gasteiger partial charge in [-0.2, -0.15) is 0 Å². The van der Waals surface area contributed by atoms with Crippen molar-refractivity contribution in [1.29, 1.82) is 0 Å². The van der Waals surface area contributed by atoms with Crippen LogP contribution in [-0.4, -0.2) is 18.3 Å². The lowest BCUT2D eigenvalue weighted by molar-refractivity contribution is -0.274. The van der Waals surface area contributed by atoms with Crippen molar-refractivity contribution in [3.63, 3.8) is 0 Å². The normalized spacial score (nSPS) is 29.6. The molecule has 2 bridgehead atoms. The molecule has 2 saturated carbocycles. The molecule has 0 aromatic heterocycles. The Balaban J connectivity index is 1.63. The summed E-state index contributed by atoms with van der Waals surface area (Å²) >= 11 is 0. The lowest BCUT2D eigenvalue weighted by Crippen LogP contribution is -2.45. The van der Waals surface area contributed by atoms with E-state index in [1.54, 1.807) is 6.07 Å². The zero-order valence-electron chi connectivity index (χ0n) is 12.5. The van der Waals surface area contributed by atoms with Crippen LogP contribution in [0.4, 0.5) is 13.2 Å². The summed E-state index contributed by atoms with van der Waals surface area (Å²) in [7, 11) is 0. The average molecular weight is 328 g/mol. The molecule has 1 aromatic carbocycles. The van der Waals surface area contributed by atoms with Gasteiger partial charge in [-0.3, -0.25) is 4.79 Å². The molecule has 7 heteroatoms. The number of halogens is 3. The van der Waals surface area contributed by atoms with E-state index in [9.17, 15) is 18.0 Å². The number of rotatable bonds is 4. The Bertz CT molecular complexity index is 589. The fourth-order valence-corrected chi connectivity index (χ4v) is 3.90. The maximum atomic E-state index is 12.4. The number of nitrogens with two attached hydrogens (primary N) is 1. The molecule has 126 valence electrons. The first-order valence-corrected chi connectivity index (χ1v) is 7.72. The van der Waals surface area contributed by atoms with E-state index in [2.05, 4.69) is 10.1 Å². The second-order valence-corrected chi connectivity index (χ2v) is 6.31. The number of carbonyl (C=O) groups excluding carboxylic acids is 1. The largest absolute Gasteiger partial charge is 0.573 e. The van der Waals surface area contributed by atoms with Gasteiger partial charge in [0.15, 0.2) is 0 Å². The summed E-state index contributed by atoms with van der Waals surface area (Å²) in [6.07, 6.45) is -1.71. The van der Waals surface area contributed by atoms with Crippen LogP contribution in [0.1, 0.15) is 24.8 Å². The SMILES string of the molecule is NC1C2CCC(C2)C1C(=O)NCc1ccccc1OC(F)(F)F. The second kappa shape index (κ2) is 6.03. The van der Waals surface area contributed by atoms with Crippen molar-refractivity contribution in [1.82, 2.24) is 5.32 Å². The van der Waals surface area contributed by atoms with Gasteiger partial charge in [-0.25, -0.2) is 0 Å². The standard InChI is InChI=1S/C16H19F3N2O2/c17-16(18,19)23-12-4-2-1-3-11(12)8-21-15(22)13-9-5-6-10(7-9)14(13)20/h1-4,9-10,13-14H,5-8,20H2,(H,21,22). The summed E-state index contributed by atoms with van der Waals surface area (Å²) in [6, 6.07) is 5.66. The van der Waals surface area contributed by atoms with Gasteiger partial charge in [-0.1, -0.05) is 18.2 Å². The zero-order chi connectivity index (χ0) is 16.6. The third kappa shape index (κ3) is 3.44. The highest BCUT2D eigenvalue weighted by Gasteiger charge is 2.48. The number of amides is 1. The third-order valence-electron chi connectivity index (χ3n) is 4.93. The summed E-state index contributed by atoms with van der Waals surface area (Å²) in [5.74, 6) is 0.00164. The first kappa shape index (κ1) is 16.1. The van der Waals surface area contributed by atoms with Gasteiger partial charge in [-0.05, 0) is 37.2 Å². The predicted octanol–water partition coefficient (Wildman–Crippen LogP) is 2.57. The first-order valence-electron chi connectivity index (χ1n) is 7.72. The highest BCUT2D eigenvalue weighted by Crippen LogP contribution is 2.47. The number of nitrogens with one attached hydrogen (secondary N) is 1. The van der Waals surface area contributed by atoms with Crippen LogP contribution in [-0.2, 0) is 11.3 Å². The van der Waals surface area contributed by atoms with Crippen LogP contribution in [0.15, 0.2) is 24.3 Å². The van der Waals surface area contributed by atoms with E-state index in [1.807, 2.05) is 0 Å². The number of ether oxygens (including phenoxy) is 1. The quantitative estimate of drug-likeness (QED) is 0.893. The smallest absolute Gasteiger partial charge is 0.405 e. The highest BCUT2D eigenvalue weighted by atomic mass is 19.4. The Kier molecular flexibility index (Phi) is 4.23. The minimum Gasteiger partial charge on any atom is -0.405 e. The van der Waals surface area contributed by atoms with Gasteiger partial charge in [-0.15, -0.1) is 13.2 Å². The van der Waals surface area contributed by atoms with E-state index in [1.165, 1.54) is 18.2 Å². The molecule has 23 heavy (non-hydrogen) atoms. The molecule has 1 amide bonds. The van der Waals surface area contributed by atoms with Crippen molar-refractivity contribution in [3.8, 4) is 5.75 Å². The molecule has 3 rings (SSSR count). The molecule has 4 atom stereocenters. The summed E-state index contributed by atoms with van der Waals surface area (Å²) < 4.78 is 41.2. The van der Waals surface area contributed by atoms with Crippen molar-refractivity contribution < 1.29 is 22.7 Å². The van der Waals surface area contributed by atoms with E-state index in [-0.39, 0.29) is 35.7 Å². The van der Waals surface area contributed by atoms with Crippen LogP contribution in [0.3, 0.4) is 0 Å². The Morgan fingerprint density at radius 1 is 1.26 bits per heavy atom. The van der Waals surface area contributed by atoms with Crippen molar-refractivity contribution in [2.45, 2.75) is 38.2 Å². The highest BCUT2D eigenvalue weighted by molar-refractivity contribution is 5.80.